The van der Waals surface area contributed by atoms with Gasteiger partial charge in [0.25, 0.3) is 0 Å². The van der Waals surface area contributed by atoms with Gasteiger partial charge in [0.15, 0.2) is 5.82 Å². The first-order valence-corrected chi connectivity index (χ1v) is 9.43. The SMILES string of the molecule is CC1(C)c2nc(-c3ccc(F)cc3)c(Nc3ncc(F)cn3)n2CCN1C(=O)CN. The zero-order valence-corrected chi connectivity index (χ0v) is 16.6. The summed E-state index contributed by atoms with van der Waals surface area (Å²) in [6.07, 6.45) is 2.12. The van der Waals surface area contributed by atoms with E-state index < -0.39 is 11.4 Å². The van der Waals surface area contributed by atoms with Crippen LogP contribution in [0.3, 0.4) is 0 Å². The summed E-state index contributed by atoms with van der Waals surface area (Å²) in [6, 6.07) is 5.94. The minimum Gasteiger partial charge on any atom is -0.327 e. The van der Waals surface area contributed by atoms with Crippen LogP contribution in [0.5, 0.6) is 0 Å². The van der Waals surface area contributed by atoms with Crippen molar-refractivity contribution in [2.24, 2.45) is 5.73 Å². The van der Waals surface area contributed by atoms with Crippen molar-refractivity contribution < 1.29 is 13.6 Å². The number of nitrogens with two attached hydrogens (primary N) is 1. The van der Waals surface area contributed by atoms with Crippen molar-refractivity contribution >= 4 is 17.7 Å². The number of benzene rings is 1. The van der Waals surface area contributed by atoms with E-state index in [1.165, 1.54) is 12.1 Å². The molecule has 3 aromatic rings. The number of aromatic nitrogens is 4. The van der Waals surface area contributed by atoms with Gasteiger partial charge in [-0.1, -0.05) is 0 Å². The third-order valence-corrected chi connectivity index (χ3v) is 5.18. The molecule has 1 aliphatic heterocycles. The fourth-order valence-electron chi connectivity index (χ4n) is 3.70. The summed E-state index contributed by atoms with van der Waals surface area (Å²) < 4.78 is 28.6. The van der Waals surface area contributed by atoms with Gasteiger partial charge in [0.1, 0.15) is 23.2 Å². The summed E-state index contributed by atoms with van der Waals surface area (Å²) in [5.41, 5.74) is 6.08. The molecular weight excluding hydrogens is 392 g/mol. The third-order valence-electron chi connectivity index (χ3n) is 5.18. The van der Waals surface area contributed by atoms with Gasteiger partial charge in [0.2, 0.25) is 11.9 Å². The molecule has 0 spiro atoms. The van der Waals surface area contributed by atoms with Gasteiger partial charge in [0, 0.05) is 18.7 Å². The molecule has 1 amide bonds. The average molecular weight is 413 g/mol. The number of fused-ring (bicyclic) bond motifs is 1. The van der Waals surface area contributed by atoms with Gasteiger partial charge < -0.3 is 20.5 Å². The standard InChI is InChI=1S/C20H21F2N7O/c1-20(2)18-26-16(12-3-5-13(21)6-4-12)17(27-19-24-10-14(22)11-25-19)28(18)7-8-29(20)15(30)9-23/h3-6,10-11H,7-9,23H2,1-2H3,(H,24,25,27). The van der Waals surface area contributed by atoms with Crippen molar-refractivity contribution in [2.45, 2.75) is 25.9 Å². The predicted octanol–water partition coefficient (Wildman–Crippen LogP) is 2.40. The Morgan fingerprint density at radius 2 is 1.80 bits per heavy atom. The Morgan fingerprint density at radius 3 is 2.43 bits per heavy atom. The first kappa shape index (κ1) is 19.9. The second-order valence-corrected chi connectivity index (χ2v) is 7.45. The van der Waals surface area contributed by atoms with Gasteiger partial charge in [-0.15, -0.1) is 0 Å². The van der Waals surface area contributed by atoms with E-state index >= 15 is 0 Å². The number of nitrogens with zero attached hydrogens (tertiary/aromatic N) is 5. The largest absolute Gasteiger partial charge is 0.327 e. The molecule has 0 fully saturated rings. The van der Waals surface area contributed by atoms with Gasteiger partial charge in [-0.25, -0.2) is 23.7 Å². The third kappa shape index (κ3) is 3.39. The van der Waals surface area contributed by atoms with Crippen LogP contribution >= 0.6 is 0 Å². The van der Waals surface area contributed by atoms with Crippen LogP contribution in [-0.2, 0) is 16.9 Å². The van der Waals surface area contributed by atoms with Crippen LogP contribution in [0.2, 0.25) is 0 Å². The van der Waals surface area contributed by atoms with E-state index in [0.29, 0.717) is 36.0 Å². The van der Waals surface area contributed by atoms with Gasteiger partial charge in [0.05, 0.1) is 24.5 Å². The van der Waals surface area contributed by atoms with Gasteiger partial charge in [-0.3, -0.25) is 4.79 Å². The van der Waals surface area contributed by atoms with Gasteiger partial charge in [-0.2, -0.15) is 0 Å². The lowest BCUT2D eigenvalue weighted by Gasteiger charge is -2.42. The first-order chi connectivity index (χ1) is 14.3. The molecule has 0 bridgehead atoms. The summed E-state index contributed by atoms with van der Waals surface area (Å²) in [6.45, 7) is 4.59. The Balaban J connectivity index is 1.85. The number of nitrogens with one attached hydrogen (secondary N) is 1. The summed E-state index contributed by atoms with van der Waals surface area (Å²) in [4.78, 5) is 26.8. The van der Waals surface area contributed by atoms with Crippen molar-refractivity contribution in [3.05, 3.63) is 54.1 Å². The van der Waals surface area contributed by atoms with E-state index in [9.17, 15) is 13.6 Å². The van der Waals surface area contributed by atoms with Crippen molar-refractivity contribution in [3.63, 3.8) is 0 Å². The molecule has 2 aromatic heterocycles. The summed E-state index contributed by atoms with van der Waals surface area (Å²) in [5.74, 6) is 0.330. The Kier molecular flexibility index (Phi) is 4.94. The molecule has 156 valence electrons. The number of anilines is 2. The zero-order valence-electron chi connectivity index (χ0n) is 16.6. The van der Waals surface area contributed by atoms with Gasteiger partial charge in [-0.05, 0) is 38.1 Å². The summed E-state index contributed by atoms with van der Waals surface area (Å²) >= 11 is 0. The van der Waals surface area contributed by atoms with Crippen molar-refractivity contribution in [3.8, 4) is 11.3 Å². The molecule has 30 heavy (non-hydrogen) atoms. The monoisotopic (exact) mass is 413 g/mol. The number of halogens is 2. The molecule has 8 nitrogen and oxygen atoms in total. The molecule has 0 unspecified atom stereocenters. The lowest BCUT2D eigenvalue weighted by atomic mass is 9.99. The molecule has 0 saturated carbocycles. The molecule has 3 heterocycles. The average Bonchev–Trinajstić information content (AvgIpc) is 3.09. The number of carbonyl (C=O) groups excluding carboxylic acids is 1. The highest BCUT2D eigenvalue weighted by Crippen LogP contribution is 2.39. The van der Waals surface area contributed by atoms with Crippen LogP contribution in [0.1, 0.15) is 19.7 Å². The van der Waals surface area contributed by atoms with Crippen LogP contribution < -0.4 is 11.1 Å². The first-order valence-electron chi connectivity index (χ1n) is 9.43. The Bertz CT molecular complexity index is 1080. The Hall–Kier alpha value is -3.40. The van der Waals surface area contributed by atoms with E-state index in [1.807, 2.05) is 18.4 Å². The molecule has 0 aliphatic carbocycles. The van der Waals surface area contributed by atoms with Gasteiger partial charge >= 0.3 is 0 Å². The smallest absolute Gasteiger partial charge is 0.237 e. The van der Waals surface area contributed by atoms with Crippen LogP contribution in [-0.4, -0.2) is 43.4 Å². The van der Waals surface area contributed by atoms with Crippen LogP contribution in [0, 0.1) is 11.6 Å². The number of amides is 1. The van der Waals surface area contributed by atoms with E-state index in [0.717, 1.165) is 12.4 Å². The highest BCUT2D eigenvalue weighted by molar-refractivity contribution is 5.80. The predicted molar refractivity (Wildman–Crippen MR) is 107 cm³/mol. The number of carbonyl (C=O) groups is 1. The number of rotatable bonds is 4. The highest BCUT2D eigenvalue weighted by Gasteiger charge is 2.41. The van der Waals surface area contributed by atoms with Crippen LogP contribution in [0.15, 0.2) is 36.7 Å². The Labute approximate surface area is 171 Å². The topological polar surface area (TPSA) is 102 Å². The molecule has 10 heteroatoms. The maximum atomic E-state index is 13.5. The van der Waals surface area contributed by atoms with Crippen LogP contribution in [0.4, 0.5) is 20.5 Å². The highest BCUT2D eigenvalue weighted by atomic mass is 19.1. The number of hydrogen-bond acceptors (Lipinski definition) is 6. The van der Waals surface area contributed by atoms with Crippen LogP contribution in [0.25, 0.3) is 11.3 Å². The molecule has 1 aromatic carbocycles. The molecule has 0 radical (unpaired) electrons. The van der Waals surface area contributed by atoms with E-state index in [2.05, 4.69) is 15.3 Å². The zero-order chi connectivity index (χ0) is 21.5. The molecule has 1 aliphatic rings. The fourth-order valence-corrected chi connectivity index (χ4v) is 3.70. The van der Waals surface area contributed by atoms with Crippen molar-refractivity contribution in [1.82, 2.24) is 24.4 Å². The minimum atomic E-state index is -0.729. The Morgan fingerprint density at radius 1 is 1.13 bits per heavy atom. The minimum absolute atomic E-state index is 0.0938. The van der Waals surface area contributed by atoms with E-state index in [4.69, 9.17) is 10.7 Å². The van der Waals surface area contributed by atoms with E-state index in [-0.39, 0.29) is 24.2 Å². The molecule has 4 rings (SSSR count). The summed E-state index contributed by atoms with van der Waals surface area (Å²) in [5, 5.41) is 3.11. The van der Waals surface area contributed by atoms with Crippen molar-refractivity contribution in [1.29, 1.82) is 0 Å². The molecule has 0 saturated heterocycles. The van der Waals surface area contributed by atoms with E-state index in [1.54, 1.807) is 17.0 Å². The fraction of sp³-hybridized carbons (Fsp3) is 0.300. The quantitative estimate of drug-likeness (QED) is 0.681. The molecule has 0 atom stereocenters. The lowest BCUT2D eigenvalue weighted by Crippen LogP contribution is -2.53. The molecule has 3 N–H and O–H groups in total. The maximum Gasteiger partial charge on any atom is 0.237 e. The second kappa shape index (κ2) is 7.45. The second-order valence-electron chi connectivity index (χ2n) is 7.45. The molecular formula is C20H21F2N7O. The number of imidazole rings is 1. The summed E-state index contributed by atoms with van der Waals surface area (Å²) in [7, 11) is 0. The maximum absolute atomic E-state index is 13.5. The lowest BCUT2D eigenvalue weighted by molar-refractivity contribution is -0.137. The number of hydrogen-bond donors (Lipinski definition) is 2. The normalized spacial score (nSPS) is 15.0. The van der Waals surface area contributed by atoms with Crippen molar-refractivity contribution in [2.75, 3.05) is 18.4 Å².